The van der Waals surface area contributed by atoms with Crippen LogP contribution in [0.2, 0.25) is 0 Å². The van der Waals surface area contributed by atoms with E-state index in [1.165, 1.54) is 161 Å². The highest BCUT2D eigenvalue weighted by Gasteiger charge is 2.19. The van der Waals surface area contributed by atoms with E-state index in [-0.39, 0.29) is 25.8 Å². The minimum atomic E-state index is -4.51. The fourth-order valence-corrected chi connectivity index (χ4v) is 7.08. The number of quaternary nitrogens is 1. The fourth-order valence-electron chi connectivity index (χ4n) is 6.36. The molecule has 53 heavy (non-hydrogen) atoms. The summed E-state index contributed by atoms with van der Waals surface area (Å²) >= 11 is 0. The van der Waals surface area contributed by atoms with Gasteiger partial charge in [0.25, 0.3) is 7.82 Å². The number of nitrogens with zero attached hydrogens (tertiary/aromatic N) is 1. The lowest BCUT2D eigenvalue weighted by Crippen LogP contribution is -2.37. The van der Waals surface area contributed by atoms with E-state index in [4.69, 9.17) is 18.5 Å². The van der Waals surface area contributed by atoms with Crippen molar-refractivity contribution in [3.8, 4) is 0 Å². The van der Waals surface area contributed by atoms with Crippen molar-refractivity contribution in [2.24, 2.45) is 0 Å². The third-order valence-electron chi connectivity index (χ3n) is 9.94. The Hall–Kier alpha value is -0.920. The molecule has 0 amide bonds. The lowest BCUT2D eigenvalue weighted by Gasteiger charge is -2.28. The molecule has 8 nitrogen and oxygen atoms in total. The number of phosphoric ester groups is 1. The zero-order valence-electron chi connectivity index (χ0n) is 35.7. The number of unbranched alkanes of at least 4 members (excludes halogenated alkanes) is 28. The fraction of sp³-hybridized carbons (Fsp3) is 0.932. The first-order chi connectivity index (χ1) is 25.6. The van der Waals surface area contributed by atoms with E-state index in [9.17, 15) is 14.3 Å². The molecule has 0 saturated carbocycles. The van der Waals surface area contributed by atoms with Crippen molar-refractivity contribution < 1.29 is 37.3 Å². The van der Waals surface area contributed by atoms with Crippen molar-refractivity contribution >= 4 is 13.8 Å². The molecule has 0 spiro atoms. The standard InChI is InChI=1S/C44H88NO7P/c1-6-8-10-12-14-16-18-20-22-24-26-28-30-32-34-36-39-49-43(42-52-53(47,48)51-40-38-45(3,4)5)41-50-44(46)37-35-33-31-29-27-25-23-21-19-17-15-13-11-9-7-2/h36,39,43H,6-35,37-38,40-42H2,1-5H3/b39-36-. The molecule has 0 saturated heterocycles. The molecule has 0 heterocycles. The van der Waals surface area contributed by atoms with E-state index >= 15 is 0 Å². The molecule has 0 aliphatic carbocycles. The van der Waals surface area contributed by atoms with E-state index in [0.29, 0.717) is 17.4 Å². The van der Waals surface area contributed by atoms with Gasteiger partial charge in [0.15, 0.2) is 6.10 Å². The van der Waals surface area contributed by atoms with Gasteiger partial charge in [-0.1, -0.05) is 187 Å². The number of esters is 1. The second kappa shape index (κ2) is 38.0. The van der Waals surface area contributed by atoms with E-state index < -0.39 is 13.9 Å². The molecule has 9 heteroatoms. The van der Waals surface area contributed by atoms with Gasteiger partial charge in [0.2, 0.25) is 0 Å². The van der Waals surface area contributed by atoms with Gasteiger partial charge in [0.1, 0.15) is 19.8 Å². The van der Waals surface area contributed by atoms with Gasteiger partial charge < -0.3 is 27.9 Å². The van der Waals surface area contributed by atoms with Crippen LogP contribution in [0, 0.1) is 0 Å². The lowest BCUT2D eigenvalue weighted by atomic mass is 10.0. The minimum absolute atomic E-state index is 0.0309. The summed E-state index contributed by atoms with van der Waals surface area (Å²) in [5, 5.41) is 0. The van der Waals surface area contributed by atoms with Crippen LogP contribution < -0.4 is 4.89 Å². The maximum atomic E-state index is 12.5. The van der Waals surface area contributed by atoms with Crippen molar-refractivity contribution in [1.82, 2.24) is 0 Å². The maximum absolute atomic E-state index is 12.5. The monoisotopic (exact) mass is 774 g/mol. The zero-order valence-corrected chi connectivity index (χ0v) is 36.6. The Labute approximate surface area is 329 Å². The summed E-state index contributed by atoms with van der Waals surface area (Å²) in [4.78, 5) is 24.8. The van der Waals surface area contributed by atoms with Crippen molar-refractivity contribution in [3.05, 3.63) is 12.3 Å². The average molecular weight is 774 g/mol. The SMILES string of the molecule is CCCCCCCCCCCCCCCC/C=C\OC(COC(=O)CCCCCCCCCCCCCCCCC)COP(=O)([O-])OCC[N+](C)(C)C. The van der Waals surface area contributed by atoms with Crippen molar-refractivity contribution in [1.29, 1.82) is 0 Å². The predicted octanol–water partition coefficient (Wildman–Crippen LogP) is 12.8. The molecule has 0 bridgehead atoms. The van der Waals surface area contributed by atoms with Gasteiger partial charge in [0.05, 0.1) is 34.0 Å². The van der Waals surface area contributed by atoms with Gasteiger partial charge in [-0.15, -0.1) is 0 Å². The number of phosphoric acid groups is 1. The molecule has 0 radical (unpaired) electrons. The summed E-state index contributed by atoms with van der Waals surface area (Å²) in [5.74, 6) is -0.288. The molecule has 2 unspecified atom stereocenters. The molecule has 0 rings (SSSR count). The van der Waals surface area contributed by atoms with Crippen LogP contribution in [0.5, 0.6) is 0 Å². The topological polar surface area (TPSA) is 94.1 Å². The second-order valence-corrected chi connectivity index (χ2v) is 17.9. The Kier molecular flexibility index (Phi) is 37.3. The molecule has 316 valence electrons. The summed E-state index contributed by atoms with van der Waals surface area (Å²) in [6, 6.07) is 0. The van der Waals surface area contributed by atoms with Crippen molar-refractivity contribution in [2.75, 3.05) is 47.5 Å². The number of hydrogen-bond acceptors (Lipinski definition) is 7. The molecule has 0 aromatic carbocycles. The third kappa shape index (κ3) is 42.1. The van der Waals surface area contributed by atoms with Crippen LogP contribution in [-0.4, -0.2) is 64.1 Å². The number of likely N-dealkylation sites (N-methyl/N-ethyl adjacent to an activating group) is 1. The highest BCUT2D eigenvalue weighted by molar-refractivity contribution is 7.45. The van der Waals surface area contributed by atoms with Gasteiger partial charge in [-0.05, 0) is 25.3 Å². The summed E-state index contributed by atoms with van der Waals surface area (Å²) in [5.41, 5.74) is 0. The molecule has 0 aliphatic heterocycles. The predicted molar refractivity (Wildman–Crippen MR) is 222 cm³/mol. The van der Waals surface area contributed by atoms with Crippen molar-refractivity contribution in [3.63, 3.8) is 0 Å². The van der Waals surface area contributed by atoms with Gasteiger partial charge in [0, 0.05) is 6.42 Å². The Balaban J connectivity index is 4.24. The molecular weight excluding hydrogens is 685 g/mol. The van der Waals surface area contributed by atoms with Gasteiger partial charge >= 0.3 is 5.97 Å². The number of rotatable bonds is 42. The zero-order chi connectivity index (χ0) is 39.1. The van der Waals surface area contributed by atoms with Gasteiger partial charge in [-0.25, -0.2) is 0 Å². The average Bonchev–Trinajstić information content (AvgIpc) is 3.11. The molecule has 0 N–H and O–H groups in total. The Morgan fingerprint density at radius 2 is 0.981 bits per heavy atom. The normalized spacial score (nSPS) is 13.8. The molecule has 0 aromatic heterocycles. The van der Waals surface area contributed by atoms with Crippen LogP contribution >= 0.6 is 7.82 Å². The van der Waals surface area contributed by atoms with Crippen LogP contribution in [0.3, 0.4) is 0 Å². The Morgan fingerprint density at radius 1 is 0.585 bits per heavy atom. The number of hydrogen-bond donors (Lipinski definition) is 0. The van der Waals surface area contributed by atoms with Crippen LogP contribution in [-0.2, 0) is 27.9 Å². The number of carbonyl (C=O) groups is 1. The quantitative estimate of drug-likeness (QED) is 0.0200. The maximum Gasteiger partial charge on any atom is 0.305 e. The minimum Gasteiger partial charge on any atom is -0.756 e. The van der Waals surface area contributed by atoms with Crippen LogP contribution in [0.1, 0.15) is 213 Å². The molecule has 0 aliphatic rings. The van der Waals surface area contributed by atoms with E-state index in [1.807, 2.05) is 27.2 Å². The third-order valence-corrected chi connectivity index (χ3v) is 10.9. The Bertz CT molecular complexity index is 863. The molecule has 0 aromatic rings. The smallest absolute Gasteiger partial charge is 0.305 e. The van der Waals surface area contributed by atoms with Crippen LogP contribution in [0.15, 0.2) is 12.3 Å². The summed E-state index contributed by atoms with van der Waals surface area (Å²) in [6.45, 7) is 4.75. The molecular formula is C44H88NO7P. The highest BCUT2D eigenvalue weighted by atomic mass is 31.2. The van der Waals surface area contributed by atoms with E-state index in [2.05, 4.69) is 13.8 Å². The first-order valence-electron chi connectivity index (χ1n) is 22.5. The number of allylic oxidation sites excluding steroid dienone is 1. The van der Waals surface area contributed by atoms with Crippen LogP contribution in [0.4, 0.5) is 0 Å². The number of ether oxygens (including phenoxy) is 2. The first-order valence-corrected chi connectivity index (χ1v) is 23.9. The summed E-state index contributed by atoms with van der Waals surface area (Å²) in [7, 11) is 1.37. The van der Waals surface area contributed by atoms with Gasteiger partial charge in [-0.2, -0.15) is 0 Å². The Morgan fingerprint density at radius 3 is 1.40 bits per heavy atom. The van der Waals surface area contributed by atoms with E-state index in [0.717, 1.165) is 32.1 Å². The number of carbonyl (C=O) groups excluding carboxylic acids is 1. The highest BCUT2D eigenvalue weighted by Crippen LogP contribution is 2.38. The second-order valence-electron chi connectivity index (χ2n) is 16.5. The molecule has 2 atom stereocenters. The van der Waals surface area contributed by atoms with Crippen LogP contribution in [0.25, 0.3) is 0 Å². The lowest BCUT2D eigenvalue weighted by molar-refractivity contribution is -0.870. The summed E-state index contributed by atoms with van der Waals surface area (Å²) in [6.07, 6.45) is 41.8. The van der Waals surface area contributed by atoms with E-state index in [1.54, 1.807) is 6.26 Å². The summed E-state index contributed by atoms with van der Waals surface area (Å²) < 4.78 is 34.4. The first kappa shape index (κ1) is 52.1. The largest absolute Gasteiger partial charge is 0.756 e. The molecule has 0 fully saturated rings. The van der Waals surface area contributed by atoms with Crippen molar-refractivity contribution in [2.45, 2.75) is 219 Å². The van der Waals surface area contributed by atoms with Gasteiger partial charge in [-0.3, -0.25) is 9.36 Å².